The highest BCUT2D eigenvalue weighted by Gasteiger charge is 2.26. The molecule has 296 valence electrons. The minimum atomic E-state index is -0.630. The first kappa shape index (κ1) is 44.7. The van der Waals surface area contributed by atoms with Gasteiger partial charge in [-0.1, -0.05) is 72.9 Å². The van der Waals surface area contributed by atoms with Crippen molar-refractivity contribution in [2.75, 3.05) is 28.4 Å². The third kappa shape index (κ3) is 15.2. The quantitative estimate of drug-likeness (QED) is 0.103. The van der Waals surface area contributed by atoms with Gasteiger partial charge in [-0.05, 0) is 73.7 Å². The SMILES string of the molecule is COC1CC(C=CC(=O)CC(=O)C=CC2C=CC(O)C(OC)C2)C=CC1O.COC1CC(C=CC(=O)CC(=O)C=CC2C=CC(O)C(OC)C2)C=CC1O. The number of aliphatic hydroxyl groups excluding tert-OH is 4. The van der Waals surface area contributed by atoms with E-state index in [0.29, 0.717) is 25.7 Å². The maximum absolute atomic E-state index is 12.0. The first-order valence-corrected chi connectivity index (χ1v) is 18.3. The van der Waals surface area contributed by atoms with E-state index in [0.717, 1.165) is 0 Å². The highest BCUT2D eigenvalue weighted by molar-refractivity contribution is 6.09. The van der Waals surface area contributed by atoms with E-state index in [9.17, 15) is 39.6 Å². The molecule has 12 nitrogen and oxygen atoms in total. The number of rotatable bonds is 16. The summed E-state index contributed by atoms with van der Waals surface area (Å²) in [4.78, 5) is 48.0. The largest absolute Gasteiger partial charge is 0.386 e. The van der Waals surface area contributed by atoms with Crippen LogP contribution in [0.2, 0.25) is 0 Å². The average Bonchev–Trinajstić information content (AvgIpc) is 3.16. The summed E-state index contributed by atoms with van der Waals surface area (Å²) in [5.74, 6) is -1.05. The van der Waals surface area contributed by atoms with Crippen molar-refractivity contribution in [3.05, 3.63) is 97.2 Å². The molecule has 12 atom stereocenters. The van der Waals surface area contributed by atoms with E-state index in [2.05, 4.69) is 0 Å². The van der Waals surface area contributed by atoms with Crippen LogP contribution in [-0.2, 0) is 38.1 Å². The zero-order chi connectivity index (χ0) is 39.6. The Hall–Kier alpha value is -3.72. The number of ether oxygens (including phenoxy) is 4. The Kier molecular flexibility index (Phi) is 19.2. The molecule has 0 aromatic carbocycles. The van der Waals surface area contributed by atoms with Crippen LogP contribution in [0.1, 0.15) is 38.5 Å². The molecular formula is C42H56O12. The Morgan fingerprint density at radius 3 is 0.815 bits per heavy atom. The van der Waals surface area contributed by atoms with Gasteiger partial charge >= 0.3 is 0 Å². The summed E-state index contributed by atoms with van der Waals surface area (Å²) >= 11 is 0. The molecule has 0 saturated heterocycles. The summed E-state index contributed by atoms with van der Waals surface area (Å²) < 4.78 is 20.8. The van der Waals surface area contributed by atoms with Crippen LogP contribution in [0.15, 0.2) is 97.2 Å². The van der Waals surface area contributed by atoms with Crippen LogP contribution in [0.5, 0.6) is 0 Å². The van der Waals surface area contributed by atoms with E-state index < -0.39 is 24.4 Å². The van der Waals surface area contributed by atoms with E-state index in [-0.39, 0.29) is 84.1 Å². The molecule has 0 radical (unpaired) electrons. The lowest BCUT2D eigenvalue weighted by atomic mass is 9.90. The number of methoxy groups -OCH3 is 4. The van der Waals surface area contributed by atoms with Gasteiger partial charge in [-0.15, -0.1) is 0 Å². The molecular weight excluding hydrogens is 696 g/mol. The van der Waals surface area contributed by atoms with Gasteiger partial charge in [0.15, 0.2) is 23.1 Å². The summed E-state index contributed by atoms with van der Waals surface area (Å²) in [6, 6.07) is 0. The smallest absolute Gasteiger partial charge is 0.163 e. The topological polar surface area (TPSA) is 186 Å². The van der Waals surface area contributed by atoms with Crippen LogP contribution in [0, 0.1) is 23.7 Å². The third-order valence-corrected chi connectivity index (χ3v) is 9.79. The minimum absolute atomic E-state index is 0.00211. The number of carbonyl (C=O) groups is 4. The van der Waals surface area contributed by atoms with Gasteiger partial charge in [-0.2, -0.15) is 0 Å². The second kappa shape index (κ2) is 23.3. The van der Waals surface area contributed by atoms with Crippen molar-refractivity contribution in [3.8, 4) is 0 Å². The average molecular weight is 753 g/mol. The van der Waals surface area contributed by atoms with Gasteiger partial charge in [-0.25, -0.2) is 0 Å². The first-order chi connectivity index (χ1) is 25.8. The number of hydrogen-bond donors (Lipinski definition) is 4. The lowest BCUT2D eigenvalue weighted by Crippen LogP contribution is -2.31. The molecule has 0 amide bonds. The third-order valence-electron chi connectivity index (χ3n) is 9.79. The molecule has 0 fully saturated rings. The summed E-state index contributed by atoms with van der Waals surface area (Å²) in [6.07, 6.45) is 24.9. The monoisotopic (exact) mass is 752 g/mol. The van der Waals surface area contributed by atoms with Crippen molar-refractivity contribution in [1.82, 2.24) is 0 Å². The molecule has 0 aromatic rings. The normalized spacial score (nSPS) is 33.8. The molecule has 4 aliphatic rings. The van der Waals surface area contributed by atoms with Crippen molar-refractivity contribution >= 4 is 23.1 Å². The molecule has 54 heavy (non-hydrogen) atoms. The Labute approximate surface area is 317 Å². The fourth-order valence-electron chi connectivity index (χ4n) is 6.48. The Morgan fingerprint density at radius 2 is 0.630 bits per heavy atom. The number of allylic oxidation sites excluding steroid dienone is 12. The molecule has 0 heterocycles. The van der Waals surface area contributed by atoms with Crippen molar-refractivity contribution in [2.24, 2.45) is 23.7 Å². The molecule has 0 aromatic heterocycles. The van der Waals surface area contributed by atoms with Crippen molar-refractivity contribution in [2.45, 2.75) is 87.4 Å². The minimum Gasteiger partial charge on any atom is -0.386 e. The molecule has 4 rings (SSSR count). The van der Waals surface area contributed by atoms with E-state index in [1.807, 2.05) is 24.3 Å². The van der Waals surface area contributed by atoms with E-state index >= 15 is 0 Å². The van der Waals surface area contributed by atoms with Crippen molar-refractivity contribution < 1.29 is 58.6 Å². The molecule has 4 N–H and O–H groups in total. The Balaban J connectivity index is 0.000000290. The van der Waals surface area contributed by atoms with Crippen molar-refractivity contribution in [3.63, 3.8) is 0 Å². The summed E-state index contributed by atoms with van der Waals surface area (Å²) in [7, 11) is 6.17. The fraction of sp³-hybridized carbons (Fsp3) is 0.524. The predicted octanol–water partition coefficient (Wildman–Crippen LogP) is 3.06. The van der Waals surface area contributed by atoms with E-state index in [1.165, 1.54) is 24.3 Å². The number of ketones is 4. The molecule has 0 bridgehead atoms. The number of carbonyl (C=O) groups excluding carboxylic acids is 4. The van der Waals surface area contributed by atoms with Gasteiger partial charge in [0.05, 0.1) is 61.7 Å². The fourth-order valence-corrected chi connectivity index (χ4v) is 6.48. The first-order valence-electron chi connectivity index (χ1n) is 18.3. The lowest BCUT2D eigenvalue weighted by Gasteiger charge is -2.26. The van der Waals surface area contributed by atoms with Crippen molar-refractivity contribution in [1.29, 1.82) is 0 Å². The summed E-state index contributed by atoms with van der Waals surface area (Å²) in [5.41, 5.74) is 0. The predicted molar refractivity (Wildman–Crippen MR) is 202 cm³/mol. The molecule has 0 aliphatic heterocycles. The summed E-state index contributed by atoms with van der Waals surface area (Å²) in [6.45, 7) is 0. The van der Waals surface area contributed by atoms with Crippen LogP contribution in [0.4, 0.5) is 0 Å². The number of aliphatic hydroxyl groups is 4. The summed E-state index contributed by atoms with van der Waals surface area (Å²) in [5, 5.41) is 38.9. The van der Waals surface area contributed by atoms with Gasteiger partial charge in [0, 0.05) is 28.4 Å². The maximum atomic E-state index is 12.0. The molecule has 12 heteroatoms. The Morgan fingerprint density at radius 1 is 0.426 bits per heavy atom. The van der Waals surface area contributed by atoms with Gasteiger partial charge in [0.1, 0.15) is 0 Å². The van der Waals surface area contributed by atoms with Gasteiger partial charge in [-0.3, -0.25) is 19.2 Å². The van der Waals surface area contributed by atoms with Gasteiger partial charge < -0.3 is 39.4 Å². The van der Waals surface area contributed by atoms with Crippen LogP contribution >= 0.6 is 0 Å². The van der Waals surface area contributed by atoms with Gasteiger partial charge in [0.25, 0.3) is 0 Å². The molecule has 4 aliphatic carbocycles. The standard InChI is InChI=1S/2C21H28O6/c2*1-26-20-11-14(5-9-18(20)24)3-7-16(22)13-17(23)8-4-15-6-10-19(25)21(12-15)27-2/h2*3-10,14-15,18-21,24-25H,11-13H2,1-2H3. The van der Waals surface area contributed by atoms with E-state index in [4.69, 9.17) is 18.9 Å². The molecule has 0 spiro atoms. The van der Waals surface area contributed by atoms with Crippen LogP contribution in [-0.4, -0.2) is 121 Å². The lowest BCUT2D eigenvalue weighted by molar-refractivity contribution is -0.123. The maximum Gasteiger partial charge on any atom is 0.163 e. The van der Waals surface area contributed by atoms with Crippen LogP contribution in [0.3, 0.4) is 0 Å². The Bertz CT molecular complexity index is 1270. The van der Waals surface area contributed by atoms with E-state index in [1.54, 1.807) is 77.0 Å². The highest BCUT2D eigenvalue weighted by atomic mass is 16.5. The highest BCUT2D eigenvalue weighted by Crippen LogP contribution is 2.25. The molecule has 0 saturated carbocycles. The number of hydrogen-bond acceptors (Lipinski definition) is 12. The second-order valence-electron chi connectivity index (χ2n) is 13.9. The molecule has 12 unspecified atom stereocenters. The zero-order valence-electron chi connectivity index (χ0n) is 31.5. The zero-order valence-corrected chi connectivity index (χ0v) is 31.5. The van der Waals surface area contributed by atoms with Crippen LogP contribution < -0.4 is 0 Å². The second-order valence-corrected chi connectivity index (χ2v) is 13.9. The van der Waals surface area contributed by atoms with Gasteiger partial charge in [0.2, 0.25) is 0 Å². The van der Waals surface area contributed by atoms with Crippen LogP contribution in [0.25, 0.3) is 0 Å².